The SMILES string of the molecule is c1ccc(-c2ccc(N(c3ccc(-c4ccccc4)cc3)c3cccc(-c4cc5ccccc5c5ccccc45)c3-c3ccc4c(c3)sc3ccccc34)cc2)cc1. The molecular formula is C56H37NS. The van der Waals surface area contributed by atoms with Gasteiger partial charge in [-0.05, 0) is 109 Å². The average Bonchev–Trinajstić information content (AvgIpc) is 3.68. The molecule has 10 aromatic carbocycles. The molecule has 0 spiro atoms. The molecule has 0 fully saturated rings. The van der Waals surface area contributed by atoms with E-state index in [9.17, 15) is 0 Å². The predicted octanol–water partition coefficient (Wildman–Crippen LogP) is 16.5. The summed E-state index contributed by atoms with van der Waals surface area (Å²) in [5, 5.41) is 7.61. The summed E-state index contributed by atoms with van der Waals surface area (Å²) in [6.07, 6.45) is 0. The van der Waals surface area contributed by atoms with Gasteiger partial charge in [0, 0.05) is 37.1 Å². The van der Waals surface area contributed by atoms with E-state index in [1.807, 2.05) is 11.3 Å². The van der Waals surface area contributed by atoms with E-state index >= 15 is 0 Å². The lowest BCUT2D eigenvalue weighted by Crippen LogP contribution is -2.12. The van der Waals surface area contributed by atoms with Gasteiger partial charge in [0.05, 0.1) is 5.69 Å². The van der Waals surface area contributed by atoms with E-state index in [4.69, 9.17) is 0 Å². The normalized spacial score (nSPS) is 11.4. The van der Waals surface area contributed by atoms with Gasteiger partial charge in [0.15, 0.2) is 0 Å². The number of fused-ring (bicyclic) bond motifs is 6. The standard InChI is InChI=1S/C56H37NS/c1-3-14-38(15-4-1)40-26-31-44(32-27-40)57(45-33-28-41(29-34-45)39-16-5-2-6-17-39)53-24-13-23-51(52-36-42-18-7-8-19-46(42)47-20-9-10-21-48(47)52)56(53)43-30-35-50-49-22-11-12-25-54(49)58-55(50)37-43/h1-37H. The van der Waals surface area contributed by atoms with E-state index in [0.29, 0.717) is 0 Å². The maximum atomic E-state index is 2.45. The molecule has 0 N–H and O–H groups in total. The molecule has 0 aliphatic carbocycles. The smallest absolute Gasteiger partial charge is 0.0546 e. The summed E-state index contributed by atoms with van der Waals surface area (Å²) in [6.45, 7) is 0. The zero-order valence-corrected chi connectivity index (χ0v) is 32.5. The minimum Gasteiger partial charge on any atom is -0.310 e. The Morgan fingerprint density at radius 2 is 0.810 bits per heavy atom. The fraction of sp³-hybridized carbons (Fsp3) is 0. The van der Waals surface area contributed by atoms with Crippen molar-refractivity contribution in [3.05, 3.63) is 224 Å². The maximum absolute atomic E-state index is 2.45. The van der Waals surface area contributed by atoms with Gasteiger partial charge in [0.2, 0.25) is 0 Å². The molecule has 0 bridgehead atoms. The summed E-state index contributed by atoms with van der Waals surface area (Å²) < 4.78 is 2.59. The molecule has 0 saturated heterocycles. The van der Waals surface area contributed by atoms with Crippen LogP contribution in [-0.2, 0) is 0 Å². The van der Waals surface area contributed by atoms with Crippen LogP contribution in [0.3, 0.4) is 0 Å². The monoisotopic (exact) mass is 755 g/mol. The lowest BCUT2D eigenvalue weighted by molar-refractivity contribution is 1.28. The predicted molar refractivity (Wildman–Crippen MR) is 251 cm³/mol. The van der Waals surface area contributed by atoms with Crippen molar-refractivity contribution in [1.29, 1.82) is 0 Å². The average molecular weight is 756 g/mol. The lowest BCUT2D eigenvalue weighted by atomic mass is 9.87. The minimum atomic E-state index is 1.09. The van der Waals surface area contributed by atoms with Crippen LogP contribution < -0.4 is 4.90 Å². The first-order valence-electron chi connectivity index (χ1n) is 19.8. The van der Waals surface area contributed by atoms with Crippen LogP contribution in [0.4, 0.5) is 17.1 Å². The fourth-order valence-electron chi connectivity index (χ4n) is 8.71. The maximum Gasteiger partial charge on any atom is 0.0546 e. The highest BCUT2D eigenvalue weighted by atomic mass is 32.1. The van der Waals surface area contributed by atoms with Gasteiger partial charge in [-0.1, -0.05) is 176 Å². The first-order valence-corrected chi connectivity index (χ1v) is 20.7. The number of nitrogens with zero attached hydrogens (tertiary/aromatic N) is 1. The highest BCUT2D eigenvalue weighted by molar-refractivity contribution is 7.25. The topological polar surface area (TPSA) is 3.24 Å². The molecule has 58 heavy (non-hydrogen) atoms. The van der Waals surface area contributed by atoms with Crippen LogP contribution >= 0.6 is 11.3 Å². The van der Waals surface area contributed by atoms with E-state index in [2.05, 4.69) is 229 Å². The van der Waals surface area contributed by atoms with Crippen molar-refractivity contribution in [3.8, 4) is 44.5 Å². The molecule has 1 aromatic heterocycles. The number of anilines is 3. The van der Waals surface area contributed by atoms with Crippen molar-refractivity contribution in [3.63, 3.8) is 0 Å². The molecule has 2 heteroatoms. The molecule has 0 aliphatic rings. The molecule has 1 heterocycles. The first-order chi connectivity index (χ1) is 28.8. The Balaban J connectivity index is 1.19. The number of rotatable bonds is 7. The lowest BCUT2D eigenvalue weighted by Gasteiger charge is -2.30. The van der Waals surface area contributed by atoms with E-state index in [1.165, 1.54) is 86.2 Å². The summed E-state index contributed by atoms with van der Waals surface area (Å²) in [5.41, 5.74) is 12.9. The second kappa shape index (κ2) is 14.4. The second-order valence-electron chi connectivity index (χ2n) is 14.9. The van der Waals surface area contributed by atoms with Crippen molar-refractivity contribution >= 4 is 70.1 Å². The molecule has 0 aliphatic heterocycles. The van der Waals surface area contributed by atoms with Gasteiger partial charge in [0.25, 0.3) is 0 Å². The van der Waals surface area contributed by atoms with Gasteiger partial charge < -0.3 is 4.90 Å². The third kappa shape index (κ3) is 5.94. The van der Waals surface area contributed by atoms with Gasteiger partial charge in [0.1, 0.15) is 0 Å². The first kappa shape index (κ1) is 34.0. The zero-order chi connectivity index (χ0) is 38.4. The summed E-state index contributed by atoms with van der Waals surface area (Å²) in [4.78, 5) is 2.45. The number of hydrogen-bond acceptors (Lipinski definition) is 2. The van der Waals surface area contributed by atoms with Crippen LogP contribution in [0.5, 0.6) is 0 Å². The number of benzene rings is 10. The Morgan fingerprint density at radius 1 is 0.293 bits per heavy atom. The van der Waals surface area contributed by atoms with Crippen LogP contribution in [0.1, 0.15) is 0 Å². The molecule has 0 radical (unpaired) electrons. The van der Waals surface area contributed by atoms with E-state index in [-0.39, 0.29) is 0 Å². The van der Waals surface area contributed by atoms with Crippen molar-refractivity contribution in [2.24, 2.45) is 0 Å². The summed E-state index contributed by atoms with van der Waals surface area (Å²) in [5.74, 6) is 0. The van der Waals surface area contributed by atoms with Gasteiger partial charge >= 0.3 is 0 Å². The molecule has 0 amide bonds. The van der Waals surface area contributed by atoms with Crippen LogP contribution in [0.25, 0.3) is 86.2 Å². The summed E-state index contributed by atoms with van der Waals surface area (Å²) in [6, 6.07) is 82.1. The van der Waals surface area contributed by atoms with Crippen LogP contribution in [0.2, 0.25) is 0 Å². The highest BCUT2D eigenvalue weighted by Gasteiger charge is 2.23. The number of hydrogen-bond donors (Lipinski definition) is 0. The number of thiophene rings is 1. The van der Waals surface area contributed by atoms with Crippen LogP contribution in [0.15, 0.2) is 224 Å². The van der Waals surface area contributed by atoms with Crippen molar-refractivity contribution < 1.29 is 0 Å². The highest BCUT2D eigenvalue weighted by Crippen LogP contribution is 2.49. The van der Waals surface area contributed by atoms with E-state index in [0.717, 1.165) is 17.1 Å². The Hall–Kier alpha value is -7.26. The van der Waals surface area contributed by atoms with Crippen molar-refractivity contribution in [2.45, 2.75) is 0 Å². The third-order valence-corrected chi connectivity index (χ3v) is 12.6. The Labute approximate surface area is 342 Å². The summed E-state index contributed by atoms with van der Waals surface area (Å²) in [7, 11) is 0. The Morgan fingerprint density at radius 3 is 1.48 bits per heavy atom. The third-order valence-electron chi connectivity index (χ3n) is 11.5. The fourth-order valence-corrected chi connectivity index (χ4v) is 9.85. The largest absolute Gasteiger partial charge is 0.310 e. The molecule has 0 atom stereocenters. The van der Waals surface area contributed by atoms with Gasteiger partial charge in [-0.3, -0.25) is 0 Å². The van der Waals surface area contributed by atoms with Crippen LogP contribution in [-0.4, -0.2) is 0 Å². The van der Waals surface area contributed by atoms with Gasteiger partial charge in [-0.25, -0.2) is 0 Å². The van der Waals surface area contributed by atoms with Crippen molar-refractivity contribution in [2.75, 3.05) is 4.90 Å². The summed E-state index contributed by atoms with van der Waals surface area (Å²) >= 11 is 1.87. The van der Waals surface area contributed by atoms with Gasteiger partial charge in [-0.15, -0.1) is 11.3 Å². The van der Waals surface area contributed by atoms with Crippen LogP contribution in [0, 0.1) is 0 Å². The molecule has 0 saturated carbocycles. The van der Waals surface area contributed by atoms with E-state index in [1.54, 1.807) is 0 Å². The molecule has 11 rings (SSSR count). The van der Waals surface area contributed by atoms with Gasteiger partial charge in [-0.2, -0.15) is 0 Å². The Bertz CT molecular complexity index is 3170. The Kier molecular flexibility index (Phi) is 8.42. The van der Waals surface area contributed by atoms with E-state index < -0.39 is 0 Å². The molecular weight excluding hydrogens is 719 g/mol. The molecule has 1 nitrogen and oxygen atoms in total. The van der Waals surface area contributed by atoms with Crippen molar-refractivity contribution in [1.82, 2.24) is 0 Å². The molecule has 272 valence electrons. The second-order valence-corrected chi connectivity index (χ2v) is 15.9. The minimum absolute atomic E-state index is 1.09. The quantitative estimate of drug-likeness (QED) is 0.146. The molecule has 0 unspecified atom stereocenters. The molecule has 11 aromatic rings. The zero-order valence-electron chi connectivity index (χ0n) is 31.7.